The molecule has 0 aliphatic heterocycles. The average molecular weight is 478 g/mol. The summed E-state index contributed by atoms with van der Waals surface area (Å²) < 4.78 is 7.26. The van der Waals surface area contributed by atoms with Gasteiger partial charge in [-0.1, -0.05) is 60.7 Å². The van der Waals surface area contributed by atoms with Crippen LogP contribution in [0.3, 0.4) is 0 Å². The Balaban J connectivity index is 1.40. The van der Waals surface area contributed by atoms with Gasteiger partial charge in [-0.15, -0.1) is 0 Å². The Hall–Kier alpha value is -4.50. The lowest BCUT2D eigenvalue weighted by Gasteiger charge is -2.09. The van der Waals surface area contributed by atoms with E-state index in [0.717, 1.165) is 13.1 Å². The monoisotopic (exact) mass is 477 g/mol. The van der Waals surface area contributed by atoms with Crippen molar-refractivity contribution in [3.63, 3.8) is 0 Å². The summed E-state index contributed by atoms with van der Waals surface area (Å²) in [7, 11) is 2.16. The summed E-state index contributed by atoms with van der Waals surface area (Å²) in [6.07, 6.45) is 0. The van der Waals surface area contributed by atoms with Crippen molar-refractivity contribution in [3.8, 4) is 0 Å². The number of para-hydroxylation sites is 3. The van der Waals surface area contributed by atoms with Crippen molar-refractivity contribution in [1.29, 1.82) is 0 Å². The highest BCUT2D eigenvalue weighted by molar-refractivity contribution is 6.18. The van der Waals surface area contributed by atoms with Crippen LogP contribution in [0.1, 0.15) is 12.5 Å². The van der Waals surface area contributed by atoms with E-state index in [9.17, 15) is 0 Å². The van der Waals surface area contributed by atoms with Gasteiger partial charge in [0.15, 0.2) is 0 Å². The van der Waals surface area contributed by atoms with E-state index in [1.807, 2.05) is 0 Å². The number of aryl methyl sites for hydroxylation is 2. The van der Waals surface area contributed by atoms with Crippen LogP contribution >= 0.6 is 0 Å². The lowest BCUT2D eigenvalue weighted by atomic mass is 10.1. The van der Waals surface area contributed by atoms with Crippen molar-refractivity contribution < 1.29 is 0 Å². The maximum Gasteiger partial charge on any atom is 0.0502 e. The SMILES string of the molecule is CCn1c2ccccc2c2cc3c(cc21)c1ccccc1n3Cc1ccc2c(c1)c1ccccc1n2C. The van der Waals surface area contributed by atoms with Gasteiger partial charge in [-0.25, -0.2) is 0 Å². The van der Waals surface area contributed by atoms with Crippen molar-refractivity contribution in [1.82, 2.24) is 13.7 Å². The molecule has 3 nitrogen and oxygen atoms in total. The van der Waals surface area contributed by atoms with Gasteiger partial charge in [0.05, 0.1) is 5.52 Å². The second kappa shape index (κ2) is 7.50. The maximum absolute atomic E-state index is 2.51. The van der Waals surface area contributed by atoms with Crippen LogP contribution in [0.5, 0.6) is 0 Å². The third kappa shape index (κ3) is 2.77. The molecule has 37 heavy (non-hydrogen) atoms. The second-order valence-corrected chi connectivity index (χ2v) is 10.2. The fraction of sp³-hybridized carbons (Fsp3) is 0.118. The molecule has 8 aromatic rings. The largest absolute Gasteiger partial charge is 0.344 e. The highest BCUT2D eigenvalue weighted by Crippen LogP contribution is 2.37. The molecule has 3 heterocycles. The molecule has 0 aliphatic rings. The quantitative estimate of drug-likeness (QED) is 0.242. The van der Waals surface area contributed by atoms with Crippen molar-refractivity contribution in [2.45, 2.75) is 20.0 Å². The smallest absolute Gasteiger partial charge is 0.0502 e. The lowest BCUT2D eigenvalue weighted by molar-refractivity contribution is 0.827. The topological polar surface area (TPSA) is 14.8 Å². The summed E-state index contributed by atoms with van der Waals surface area (Å²) >= 11 is 0. The number of rotatable bonds is 3. The number of benzene rings is 5. The number of hydrogen-bond donors (Lipinski definition) is 0. The maximum atomic E-state index is 2.51. The van der Waals surface area contributed by atoms with E-state index in [-0.39, 0.29) is 0 Å². The lowest BCUT2D eigenvalue weighted by Crippen LogP contribution is -1.99. The first kappa shape index (κ1) is 20.7. The zero-order valence-electron chi connectivity index (χ0n) is 21.1. The summed E-state index contributed by atoms with van der Waals surface area (Å²) in [6, 6.07) is 38.2. The van der Waals surface area contributed by atoms with Gasteiger partial charge in [0, 0.05) is 80.0 Å². The van der Waals surface area contributed by atoms with Gasteiger partial charge in [-0.2, -0.15) is 0 Å². The van der Waals surface area contributed by atoms with Gasteiger partial charge in [0.1, 0.15) is 0 Å². The fourth-order valence-electron chi connectivity index (χ4n) is 6.59. The van der Waals surface area contributed by atoms with Gasteiger partial charge in [-0.3, -0.25) is 0 Å². The van der Waals surface area contributed by atoms with Gasteiger partial charge < -0.3 is 13.7 Å². The van der Waals surface area contributed by atoms with E-state index in [1.54, 1.807) is 0 Å². The molecule has 5 aromatic carbocycles. The Kier molecular flexibility index (Phi) is 4.19. The molecule has 0 radical (unpaired) electrons. The first-order valence-electron chi connectivity index (χ1n) is 13.1. The van der Waals surface area contributed by atoms with Gasteiger partial charge in [0.25, 0.3) is 0 Å². The number of aromatic nitrogens is 3. The van der Waals surface area contributed by atoms with E-state index in [0.29, 0.717) is 0 Å². The van der Waals surface area contributed by atoms with Crippen molar-refractivity contribution in [3.05, 3.63) is 109 Å². The molecule has 0 saturated carbocycles. The summed E-state index contributed by atoms with van der Waals surface area (Å²) in [5.74, 6) is 0. The standard InChI is InChI=1S/C34H27N3/c1-3-36-31-14-8-5-11-24(31)27-20-34-28(19-33(27)36)25-12-6-9-15-32(25)37(34)21-22-16-17-30-26(18-22)23-10-4-7-13-29(23)35(30)2/h4-20H,3,21H2,1-2H3. The average Bonchev–Trinajstić information content (AvgIpc) is 3.53. The highest BCUT2D eigenvalue weighted by Gasteiger charge is 2.17. The predicted molar refractivity (Wildman–Crippen MR) is 158 cm³/mol. The van der Waals surface area contributed by atoms with E-state index >= 15 is 0 Å². The normalized spacial score (nSPS) is 12.3. The number of hydrogen-bond acceptors (Lipinski definition) is 0. The molecular formula is C34H27N3. The van der Waals surface area contributed by atoms with Crippen LogP contribution in [0.2, 0.25) is 0 Å². The summed E-state index contributed by atoms with van der Waals surface area (Å²) in [5.41, 5.74) is 9.09. The van der Waals surface area contributed by atoms with Crippen molar-refractivity contribution >= 4 is 65.4 Å². The Morgan fingerprint density at radius 3 is 1.59 bits per heavy atom. The Labute approximate surface area is 214 Å². The molecule has 178 valence electrons. The zero-order chi connectivity index (χ0) is 24.7. The molecule has 0 spiro atoms. The minimum absolute atomic E-state index is 0.834. The molecule has 0 bridgehead atoms. The fourth-order valence-corrected chi connectivity index (χ4v) is 6.59. The van der Waals surface area contributed by atoms with Crippen LogP contribution in [-0.2, 0) is 20.1 Å². The third-order valence-electron chi connectivity index (χ3n) is 8.30. The number of fused-ring (bicyclic) bond motifs is 9. The molecular weight excluding hydrogens is 450 g/mol. The molecule has 0 N–H and O–H groups in total. The first-order chi connectivity index (χ1) is 18.2. The molecule has 0 aliphatic carbocycles. The van der Waals surface area contributed by atoms with Gasteiger partial charge in [-0.05, 0) is 55.0 Å². The van der Waals surface area contributed by atoms with Gasteiger partial charge >= 0.3 is 0 Å². The minimum atomic E-state index is 0.834. The van der Waals surface area contributed by atoms with Crippen LogP contribution in [0.15, 0.2) is 103 Å². The number of nitrogens with zero attached hydrogens (tertiary/aromatic N) is 3. The first-order valence-corrected chi connectivity index (χ1v) is 13.1. The van der Waals surface area contributed by atoms with Crippen LogP contribution in [0.4, 0.5) is 0 Å². The van der Waals surface area contributed by atoms with Gasteiger partial charge in [0.2, 0.25) is 0 Å². The van der Waals surface area contributed by atoms with Crippen molar-refractivity contribution in [2.24, 2.45) is 7.05 Å². The molecule has 0 unspecified atom stereocenters. The highest BCUT2D eigenvalue weighted by atomic mass is 15.0. The van der Waals surface area contributed by atoms with Crippen LogP contribution in [0, 0.1) is 0 Å². The summed E-state index contributed by atoms with van der Waals surface area (Å²) in [5, 5.41) is 7.95. The van der Waals surface area contributed by atoms with E-state index in [1.165, 1.54) is 71.0 Å². The van der Waals surface area contributed by atoms with E-state index in [2.05, 4.69) is 131 Å². The predicted octanol–water partition coefficient (Wildman–Crippen LogP) is 8.62. The Bertz CT molecular complexity index is 2170. The molecule has 0 saturated heterocycles. The zero-order valence-corrected chi connectivity index (χ0v) is 21.1. The molecule has 8 rings (SSSR count). The third-order valence-corrected chi connectivity index (χ3v) is 8.30. The molecule has 0 fully saturated rings. The van der Waals surface area contributed by atoms with Crippen LogP contribution in [-0.4, -0.2) is 13.7 Å². The van der Waals surface area contributed by atoms with E-state index in [4.69, 9.17) is 0 Å². The van der Waals surface area contributed by atoms with Crippen LogP contribution in [0.25, 0.3) is 65.4 Å². The second-order valence-electron chi connectivity index (χ2n) is 10.2. The van der Waals surface area contributed by atoms with E-state index < -0.39 is 0 Å². The molecule has 3 aromatic heterocycles. The molecule has 0 amide bonds. The Morgan fingerprint density at radius 1 is 0.459 bits per heavy atom. The molecule has 0 atom stereocenters. The van der Waals surface area contributed by atoms with Crippen LogP contribution < -0.4 is 0 Å². The molecule has 3 heteroatoms. The van der Waals surface area contributed by atoms with Crippen molar-refractivity contribution in [2.75, 3.05) is 0 Å². The summed E-state index contributed by atoms with van der Waals surface area (Å²) in [6.45, 7) is 4.03. The minimum Gasteiger partial charge on any atom is -0.344 e. The summed E-state index contributed by atoms with van der Waals surface area (Å²) in [4.78, 5) is 0. The Morgan fingerprint density at radius 2 is 0.946 bits per heavy atom.